The Morgan fingerprint density at radius 3 is 2.44 bits per heavy atom. The van der Waals surface area contributed by atoms with Crippen LogP contribution in [0.25, 0.3) is 0 Å². The van der Waals surface area contributed by atoms with Gasteiger partial charge in [-0.05, 0) is 0 Å². The van der Waals surface area contributed by atoms with Crippen LogP contribution in [0, 0.1) is 0 Å². The van der Waals surface area contributed by atoms with E-state index in [1.54, 1.807) is 0 Å². The van der Waals surface area contributed by atoms with E-state index in [1.807, 2.05) is 6.92 Å². The lowest BCUT2D eigenvalue weighted by atomic mass is 10.5. The normalized spacial score (nSPS) is 10.0. The summed E-state index contributed by atoms with van der Waals surface area (Å²) < 4.78 is 5.08. The minimum Gasteiger partial charge on any atom is -0.424 e. The summed E-state index contributed by atoms with van der Waals surface area (Å²) in [5.74, 6) is 1.79. The predicted octanol–water partition coefficient (Wildman–Crippen LogP) is 1.06. The van der Waals surface area contributed by atoms with E-state index in [1.165, 1.54) is 0 Å². The molecule has 0 saturated heterocycles. The van der Waals surface area contributed by atoms with Gasteiger partial charge in [-0.15, -0.1) is 10.2 Å². The quantitative estimate of drug-likeness (QED) is 0.631. The van der Waals surface area contributed by atoms with E-state index in [0.717, 1.165) is 6.42 Å². The van der Waals surface area contributed by atoms with Gasteiger partial charge in [0.25, 0.3) is 0 Å². The summed E-state index contributed by atoms with van der Waals surface area (Å²) in [6.45, 7) is 1.97. The molecule has 0 fully saturated rings. The van der Waals surface area contributed by atoms with Gasteiger partial charge in [0.1, 0.15) is 0 Å². The van der Waals surface area contributed by atoms with Crippen molar-refractivity contribution in [3.8, 4) is 0 Å². The van der Waals surface area contributed by atoms with Crippen LogP contribution < -0.4 is 0 Å². The van der Waals surface area contributed by atoms with Crippen molar-refractivity contribution in [2.24, 2.45) is 0 Å². The van der Waals surface area contributed by atoms with E-state index in [0.29, 0.717) is 17.5 Å². The third-order valence-corrected chi connectivity index (χ3v) is 1.22. The topological polar surface area (TPSA) is 38.9 Å². The van der Waals surface area contributed by atoms with Crippen molar-refractivity contribution in [1.29, 1.82) is 0 Å². The van der Waals surface area contributed by atoms with Crippen LogP contribution in [0.15, 0.2) is 4.42 Å². The summed E-state index contributed by atoms with van der Waals surface area (Å²) in [5.41, 5.74) is 0. The van der Waals surface area contributed by atoms with Crippen LogP contribution in [-0.4, -0.2) is 10.2 Å². The Hall–Kier alpha value is -0.510. The Labute approximate surface area is 58.9 Å². The van der Waals surface area contributed by atoms with Gasteiger partial charge in [0.2, 0.25) is 11.8 Å². The molecule has 0 aromatic carbocycles. The molecule has 0 spiro atoms. The van der Waals surface area contributed by atoms with E-state index >= 15 is 0 Å². The molecule has 0 atom stereocenters. The van der Waals surface area contributed by atoms with Crippen LogP contribution in [-0.2, 0) is 12.2 Å². The van der Waals surface area contributed by atoms with Crippen molar-refractivity contribution in [3.63, 3.8) is 0 Å². The Kier molecular flexibility index (Phi) is 2.10. The number of aryl methyl sites for hydroxylation is 1. The van der Waals surface area contributed by atoms with Gasteiger partial charge in [0.15, 0.2) is 0 Å². The van der Waals surface area contributed by atoms with Crippen LogP contribution in [0.5, 0.6) is 0 Å². The maximum absolute atomic E-state index is 5.08. The molecule has 0 bridgehead atoms. The number of thiol groups is 1. The standard InChI is InChI=1S/C5H8N2OS/c1-2-4-6-7-5(3-9)8-4/h9H,2-3H2,1H3. The molecule has 0 amide bonds. The van der Waals surface area contributed by atoms with Crippen molar-refractivity contribution in [1.82, 2.24) is 10.2 Å². The first-order valence-electron chi connectivity index (χ1n) is 2.79. The summed E-state index contributed by atoms with van der Waals surface area (Å²) in [5, 5.41) is 7.45. The second-order valence-corrected chi connectivity index (χ2v) is 1.92. The molecular weight excluding hydrogens is 136 g/mol. The molecule has 9 heavy (non-hydrogen) atoms. The summed E-state index contributed by atoms with van der Waals surface area (Å²) in [6.07, 6.45) is 0.792. The van der Waals surface area contributed by atoms with E-state index in [-0.39, 0.29) is 0 Å². The molecule has 1 rings (SSSR count). The summed E-state index contributed by atoms with van der Waals surface area (Å²) in [7, 11) is 0. The van der Waals surface area contributed by atoms with Gasteiger partial charge in [0, 0.05) is 6.42 Å². The second kappa shape index (κ2) is 2.87. The molecule has 1 aromatic heterocycles. The third kappa shape index (κ3) is 1.45. The predicted molar refractivity (Wildman–Crippen MR) is 36.4 cm³/mol. The highest BCUT2D eigenvalue weighted by Gasteiger charge is 1.99. The zero-order chi connectivity index (χ0) is 6.69. The average molecular weight is 144 g/mol. The second-order valence-electron chi connectivity index (χ2n) is 1.60. The molecule has 0 unspecified atom stereocenters. The van der Waals surface area contributed by atoms with E-state index in [9.17, 15) is 0 Å². The Bertz CT molecular complexity index is 168. The molecule has 0 aliphatic rings. The van der Waals surface area contributed by atoms with Gasteiger partial charge in [-0.1, -0.05) is 6.92 Å². The number of rotatable bonds is 2. The van der Waals surface area contributed by atoms with Crippen LogP contribution >= 0.6 is 12.6 Å². The highest BCUT2D eigenvalue weighted by atomic mass is 32.1. The van der Waals surface area contributed by atoms with E-state index < -0.39 is 0 Å². The Morgan fingerprint density at radius 2 is 2.11 bits per heavy atom. The average Bonchev–Trinajstić information content (AvgIpc) is 2.34. The molecule has 3 nitrogen and oxygen atoms in total. The Morgan fingerprint density at radius 1 is 1.44 bits per heavy atom. The van der Waals surface area contributed by atoms with Crippen LogP contribution in [0.1, 0.15) is 18.7 Å². The highest BCUT2D eigenvalue weighted by Crippen LogP contribution is 2.01. The molecule has 0 aliphatic carbocycles. The molecule has 50 valence electrons. The van der Waals surface area contributed by atoms with Crippen molar-refractivity contribution >= 4 is 12.6 Å². The first-order chi connectivity index (χ1) is 4.36. The van der Waals surface area contributed by atoms with Gasteiger partial charge in [0.05, 0.1) is 5.75 Å². The molecule has 0 saturated carbocycles. The lowest BCUT2D eigenvalue weighted by Crippen LogP contribution is -1.76. The number of hydrogen-bond acceptors (Lipinski definition) is 4. The van der Waals surface area contributed by atoms with Crippen molar-refractivity contribution in [3.05, 3.63) is 11.8 Å². The zero-order valence-corrected chi connectivity index (χ0v) is 6.06. The Balaban J connectivity index is 2.74. The summed E-state index contributed by atoms with van der Waals surface area (Å²) >= 11 is 3.97. The van der Waals surface area contributed by atoms with Crippen LogP contribution in [0.4, 0.5) is 0 Å². The zero-order valence-electron chi connectivity index (χ0n) is 5.16. The minimum absolute atomic E-state index is 0.521. The number of hydrogen-bond donors (Lipinski definition) is 1. The lowest BCUT2D eigenvalue weighted by Gasteiger charge is -1.80. The third-order valence-electron chi connectivity index (χ3n) is 0.946. The first kappa shape index (κ1) is 6.61. The van der Waals surface area contributed by atoms with Crippen LogP contribution in [0.3, 0.4) is 0 Å². The van der Waals surface area contributed by atoms with Gasteiger partial charge >= 0.3 is 0 Å². The van der Waals surface area contributed by atoms with Crippen molar-refractivity contribution in [2.75, 3.05) is 0 Å². The fourth-order valence-electron chi connectivity index (χ4n) is 0.495. The molecule has 0 aliphatic heterocycles. The van der Waals surface area contributed by atoms with Crippen LogP contribution in [0.2, 0.25) is 0 Å². The number of nitrogens with zero attached hydrogens (tertiary/aromatic N) is 2. The maximum atomic E-state index is 5.08. The lowest BCUT2D eigenvalue weighted by molar-refractivity contribution is 0.470. The van der Waals surface area contributed by atoms with Crippen molar-refractivity contribution in [2.45, 2.75) is 19.1 Å². The van der Waals surface area contributed by atoms with Gasteiger partial charge < -0.3 is 4.42 Å². The van der Waals surface area contributed by atoms with Crippen molar-refractivity contribution < 1.29 is 4.42 Å². The minimum atomic E-state index is 0.521. The summed E-state index contributed by atoms with van der Waals surface area (Å²) in [6, 6.07) is 0. The van der Waals surface area contributed by atoms with Gasteiger partial charge in [-0.25, -0.2) is 0 Å². The molecule has 0 radical (unpaired) electrons. The smallest absolute Gasteiger partial charge is 0.226 e. The molecular formula is C5H8N2OS. The highest BCUT2D eigenvalue weighted by molar-refractivity contribution is 7.79. The van der Waals surface area contributed by atoms with Gasteiger partial charge in [-0.3, -0.25) is 0 Å². The fraction of sp³-hybridized carbons (Fsp3) is 0.600. The summed E-state index contributed by atoms with van der Waals surface area (Å²) in [4.78, 5) is 0. The van der Waals surface area contributed by atoms with E-state index in [2.05, 4.69) is 22.8 Å². The SMILES string of the molecule is CCc1nnc(CS)o1. The van der Waals surface area contributed by atoms with Gasteiger partial charge in [-0.2, -0.15) is 12.6 Å². The number of aromatic nitrogens is 2. The fourth-order valence-corrected chi connectivity index (χ4v) is 0.623. The monoisotopic (exact) mass is 144 g/mol. The van der Waals surface area contributed by atoms with E-state index in [4.69, 9.17) is 4.42 Å². The largest absolute Gasteiger partial charge is 0.424 e. The first-order valence-corrected chi connectivity index (χ1v) is 3.42. The molecule has 1 aromatic rings. The molecule has 4 heteroatoms. The molecule has 0 N–H and O–H groups in total. The maximum Gasteiger partial charge on any atom is 0.226 e. The molecule has 1 heterocycles.